The van der Waals surface area contributed by atoms with Crippen molar-refractivity contribution in [1.82, 2.24) is 0 Å². The summed E-state index contributed by atoms with van der Waals surface area (Å²) < 4.78 is 9.29. The molecule has 0 bridgehead atoms. The van der Waals surface area contributed by atoms with Crippen LogP contribution in [-0.4, -0.2) is 0 Å². The molecule has 11 aromatic rings. The molecule has 0 spiro atoms. The molecule has 0 atom stereocenters. The normalized spacial score (nSPS) is 11.8. The maximum atomic E-state index is 6.65. The number of rotatable bonds is 5. The lowest BCUT2D eigenvalue weighted by atomic mass is 9.95. The first kappa shape index (κ1) is 30.0. The van der Waals surface area contributed by atoms with E-state index in [2.05, 4.69) is 193 Å². The lowest BCUT2D eigenvalue weighted by Crippen LogP contribution is -2.11. The summed E-state index contributed by atoms with van der Waals surface area (Å²) in [5.74, 6) is 0. The third-order valence-corrected chi connectivity index (χ3v) is 11.9. The lowest BCUT2D eigenvalue weighted by Gasteiger charge is -2.29. The summed E-state index contributed by atoms with van der Waals surface area (Å²) in [6, 6.07) is 67.9. The number of nitrogens with zero attached hydrogens (tertiary/aromatic N) is 1. The van der Waals surface area contributed by atoms with Crippen LogP contribution in [0, 0.1) is 0 Å². The number of anilines is 3. The molecule has 0 saturated heterocycles. The number of fused-ring (bicyclic) bond motifs is 9. The first-order chi connectivity index (χ1) is 26.3. The van der Waals surface area contributed by atoms with Gasteiger partial charge in [0.25, 0.3) is 0 Å². The highest BCUT2D eigenvalue weighted by atomic mass is 32.1. The van der Waals surface area contributed by atoms with Crippen LogP contribution in [0.15, 0.2) is 192 Å². The van der Waals surface area contributed by atoms with Crippen LogP contribution in [-0.2, 0) is 0 Å². The van der Waals surface area contributed by atoms with Gasteiger partial charge in [0, 0.05) is 53.0 Å². The highest BCUT2D eigenvalue weighted by Crippen LogP contribution is 2.47. The maximum Gasteiger partial charge on any atom is 0.143 e. The summed E-state index contributed by atoms with van der Waals surface area (Å²) >= 11 is 1.87. The van der Waals surface area contributed by atoms with Gasteiger partial charge in [-0.2, -0.15) is 0 Å². The van der Waals surface area contributed by atoms with Crippen LogP contribution in [0.3, 0.4) is 0 Å². The highest BCUT2D eigenvalue weighted by molar-refractivity contribution is 7.26. The molecule has 3 heteroatoms. The van der Waals surface area contributed by atoms with Gasteiger partial charge in [-0.3, -0.25) is 0 Å². The molecule has 0 fully saturated rings. The van der Waals surface area contributed by atoms with Crippen LogP contribution < -0.4 is 4.90 Å². The van der Waals surface area contributed by atoms with Gasteiger partial charge in [0.15, 0.2) is 0 Å². The second-order valence-corrected chi connectivity index (χ2v) is 14.7. The number of para-hydroxylation sites is 1. The topological polar surface area (TPSA) is 16.4 Å². The van der Waals surface area contributed by atoms with E-state index in [4.69, 9.17) is 4.42 Å². The van der Waals surface area contributed by atoms with Crippen molar-refractivity contribution in [2.24, 2.45) is 0 Å². The smallest absolute Gasteiger partial charge is 0.143 e. The van der Waals surface area contributed by atoms with Gasteiger partial charge < -0.3 is 9.32 Å². The molecule has 2 heterocycles. The molecule has 11 rings (SSSR count). The van der Waals surface area contributed by atoms with Crippen molar-refractivity contribution in [1.29, 1.82) is 0 Å². The minimum atomic E-state index is 0.889. The van der Waals surface area contributed by atoms with Gasteiger partial charge in [-0.05, 0) is 69.9 Å². The average Bonchev–Trinajstić information content (AvgIpc) is 3.81. The van der Waals surface area contributed by atoms with Gasteiger partial charge in [-0.1, -0.05) is 146 Å². The summed E-state index contributed by atoms with van der Waals surface area (Å²) in [7, 11) is 0. The highest BCUT2D eigenvalue weighted by Gasteiger charge is 2.22. The quantitative estimate of drug-likeness (QED) is 0.178. The first-order valence-electron chi connectivity index (χ1n) is 18.0. The molecular weight excluding hydrogens is 663 g/mol. The molecule has 0 aliphatic heterocycles. The Bertz CT molecular complexity index is 3180. The van der Waals surface area contributed by atoms with Crippen molar-refractivity contribution in [2.45, 2.75) is 0 Å². The fourth-order valence-electron chi connectivity index (χ4n) is 8.25. The molecule has 0 aliphatic carbocycles. The van der Waals surface area contributed by atoms with E-state index in [1.165, 1.54) is 47.5 Å². The zero-order valence-corrected chi connectivity index (χ0v) is 29.5. The van der Waals surface area contributed by atoms with Crippen LogP contribution in [0.1, 0.15) is 0 Å². The second kappa shape index (κ2) is 11.9. The SMILES string of the molecule is c1ccc(N(c2ccc(-c3cccc4c3sc3ccccc34)cc2)c2cccc3ccccc23)c(-c2cccc3oc4c5ccccc5ccc4c23)c1. The van der Waals surface area contributed by atoms with E-state index in [0.29, 0.717) is 0 Å². The van der Waals surface area contributed by atoms with Crippen molar-refractivity contribution in [3.63, 3.8) is 0 Å². The van der Waals surface area contributed by atoms with Gasteiger partial charge >= 0.3 is 0 Å². The number of thiophene rings is 1. The van der Waals surface area contributed by atoms with Crippen molar-refractivity contribution in [3.8, 4) is 22.3 Å². The molecule has 0 radical (unpaired) electrons. The van der Waals surface area contributed by atoms with E-state index in [1.54, 1.807) is 0 Å². The third-order valence-electron chi connectivity index (χ3n) is 10.7. The minimum Gasteiger partial charge on any atom is -0.455 e. The third kappa shape index (κ3) is 4.71. The Morgan fingerprint density at radius 1 is 0.396 bits per heavy atom. The summed E-state index contributed by atoms with van der Waals surface area (Å²) in [6.07, 6.45) is 0. The molecule has 9 aromatic carbocycles. The Labute approximate surface area is 310 Å². The Morgan fingerprint density at radius 2 is 1.02 bits per heavy atom. The molecule has 0 saturated carbocycles. The molecule has 248 valence electrons. The van der Waals surface area contributed by atoms with E-state index in [0.717, 1.165) is 55.5 Å². The Morgan fingerprint density at radius 3 is 1.91 bits per heavy atom. The molecule has 2 aromatic heterocycles. The minimum absolute atomic E-state index is 0.889. The average molecular weight is 694 g/mol. The monoisotopic (exact) mass is 693 g/mol. The van der Waals surface area contributed by atoms with Gasteiger partial charge in [-0.25, -0.2) is 0 Å². The van der Waals surface area contributed by atoms with E-state index >= 15 is 0 Å². The first-order valence-corrected chi connectivity index (χ1v) is 18.8. The van der Waals surface area contributed by atoms with E-state index in [-0.39, 0.29) is 0 Å². The molecular formula is C50H31NOS. The summed E-state index contributed by atoms with van der Waals surface area (Å²) in [5, 5.41) is 9.59. The zero-order valence-electron chi connectivity index (χ0n) is 28.7. The van der Waals surface area contributed by atoms with Crippen LogP contribution in [0.4, 0.5) is 17.1 Å². The lowest BCUT2D eigenvalue weighted by molar-refractivity contribution is 0.673. The van der Waals surface area contributed by atoms with Gasteiger partial charge in [0.1, 0.15) is 11.2 Å². The van der Waals surface area contributed by atoms with Crippen LogP contribution in [0.2, 0.25) is 0 Å². The van der Waals surface area contributed by atoms with Crippen molar-refractivity contribution >= 4 is 92.1 Å². The van der Waals surface area contributed by atoms with Crippen LogP contribution >= 0.6 is 11.3 Å². The Balaban J connectivity index is 1.13. The summed E-state index contributed by atoms with van der Waals surface area (Å²) in [4.78, 5) is 2.43. The maximum absolute atomic E-state index is 6.65. The summed E-state index contributed by atoms with van der Waals surface area (Å²) in [6.45, 7) is 0. The van der Waals surface area contributed by atoms with E-state index in [1.807, 2.05) is 11.3 Å². The fraction of sp³-hybridized carbons (Fsp3) is 0. The Kier molecular flexibility index (Phi) is 6.76. The van der Waals surface area contributed by atoms with Crippen molar-refractivity contribution in [3.05, 3.63) is 188 Å². The molecule has 0 amide bonds. The van der Waals surface area contributed by atoms with Gasteiger partial charge in [0.2, 0.25) is 0 Å². The predicted octanol–water partition coefficient (Wildman–Crippen LogP) is 15.1. The standard InChI is InChI=1S/C50H31NOS/c1-3-15-36-32(12-1)14-9-23-44(36)51(35-29-26-34(27-30-35)38-19-10-21-42-40-18-6-8-25-47(40)53-50(38)42)45-22-7-5-17-39(45)41-20-11-24-46-48(41)43-31-28-33-13-2-4-16-37(33)49(43)52-46/h1-31H. The second-order valence-electron chi connectivity index (χ2n) is 13.6. The van der Waals surface area contributed by atoms with Gasteiger partial charge in [0.05, 0.1) is 11.4 Å². The van der Waals surface area contributed by atoms with Crippen LogP contribution in [0.25, 0.3) is 85.9 Å². The molecule has 2 nitrogen and oxygen atoms in total. The molecule has 0 unspecified atom stereocenters. The zero-order chi connectivity index (χ0) is 34.9. The fourth-order valence-corrected chi connectivity index (χ4v) is 9.49. The van der Waals surface area contributed by atoms with Crippen molar-refractivity contribution in [2.75, 3.05) is 4.90 Å². The summed E-state index contributed by atoms with van der Waals surface area (Å²) in [5.41, 5.74) is 9.90. The molecule has 53 heavy (non-hydrogen) atoms. The Hall–Kier alpha value is -6.68. The number of benzene rings is 9. The predicted molar refractivity (Wildman–Crippen MR) is 227 cm³/mol. The number of hydrogen-bond donors (Lipinski definition) is 0. The van der Waals surface area contributed by atoms with Crippen molar-refractivity contribution < 1.29 is 4.42 Å². The number of hydrogen-bond acceptors (Lipinski definition) is 3. The van der Waals surface area contributed by atoms with E-state index in [9.17, 15) is 0 Å². The van der Waals surface area contributed by atoms with Crippen LogP contribution in [0.5, 0.6) is 0 Å². The van der Waals surface area contributed by atoms with Gasteiger partial charge in [-0.15, -0.1) is 11.3 Å². The number of furan rings is 1. The molecule has 0 N–H and O–H groups in total. The molecule has 0 aliphatic rings. The largest absolute Gasteiger partial charge is 0.455 e. The van der Waals surface area contributed by atoms with E-state index < -0.39 is 0 Å².